The van der Waals surface area contributed by atoms with Gasteiger partial charge in [-0.15, -0.1) is 0 Å². The molecule has 0 bridgehead atoms. The van der Waals surface area contributed by atoms with Crippen LogP contribution in [0.15, 0.2) is 24.3 Å². The Kier molecular flexibility index (Phi) is 3.72. The zero-order valence-electron chi connectivity index (χ0n) is 10.0. The molecule has 0 unspecified atom stereocenters. The van der Waals surface area contributed by atoms with Crippen molar-refractivity contribution in [2.24, 2.45) is 0 Å². The largest absolute Gasteiger partial charge is 0.454 e. The molecule has 1 aromatic carbocycles. The second-order valence-corrected chi connectivity index (χ2v) is 5.10. The van der Waals surface area contributed by atoms with Crippen molar-refractivity contribution in [1.82, 2.24) is 0 Å². The van der Waals surface area contributed by atoms with Gasteiger partial charge < -0.3 is 4.74 Å². The number of carbonyl (C=O) groups is 1. The van der Waals surface area contributed by atoms with E-state index in [1.54, 1.807) is 0 Å². The van der Waals surface area contributed by atoms with Crippen molar-refractivity contribution < 1.29 is 9.53 Å². The second-order valence-electron chi connectivity index (χ2n) is 4.66. The maximum absolute atomic E-state index is 11.3. The molecule has 0 amide bonds. The SMILES string of the molecule is CC(=O)OC1(c2cccc(Cl)c2)CCCCC1. The van der Waals surface area contributed by atoms with Gasteiger partial charge in [0.15, 0.2) is 0 Å². The number of benzene rings is 1. The summed E-state index contributed by atoms with van der Waals surface area (Å²) in [6, 6.07) is 7.67. The van der Waals surface area contributed by atoms with Crippen LogP contribution >= 0.6 is 11.6 Å². The zero-order chi connectivity index (χ0) is 12.3. The highest BCUT2D eigenvalue weighted by atomic mass is 35.5. The summed E-state index contributed by atoms with van der Waals surface area (Å²) in [7, 11) is 0. The summed E-state index contributed by atoms with van der Waals surface area (Å²) in [4.78, 5) is 11.3. The van der Waals surface area contributed by atoms with Gasteiger partial charge in [-0.05, 0) is 43.4 Å². The summed E-state index contributed by atoms with van der Waals surface area (Å²) < 4.78 is 5.62. The van der Waals surface area contributed by atoms with Crippen molar-refractivity contribution in [3.8, 4) is 0 Å². The lowest BCUT2D eigenvalue weighted by atomic mass is 9.79. The van der Waals surface area contributed by atoms with E-state index in [1.165, 1.54) is 13.3 Å². The van der Waals surface area contributed by atoms with E-state index in [4.69, 9.17) is 16.3 Å². The van der Waals surface area contributed by atoms with Gasteiger partial charge in [0, 0.05) is 11.9 Å². The van der Waals surface area contributed by atoms with Gasteiger partial charge in [0.05, 0.1) is 0 Å². The fourth-order valence-corrected chi connectivity index (χ4v) is 2.81. The van der Waals surface area contributed by atoms with Crippen LogP contribution in [0.25, 0.3) is 0 Å². The van der Waals surface area contributed by atoms with E-state index in [1.807, 2.05) is 24.3 Å². The fraction of sp³-hybridized carbons (Fsp3) is 0.500. The third-order valence-corrected chi connectivity index (χ3v) is 3.59. The summed E-state index contributed by atoms with van der Waals surface area (Å²) in [5.74, 6) is -0.216. The lowest BCUT2D eigenvalue weighted by Gasteiger charge is -2.37. The number of rotatable bonds is 2. The van der Waals surface area contributed by atoms with Crippen LogP contribution in [-0.4, -0.2) is 5.97 Å². The lowest BCUT2D eigenvalue weighted by molar-refractivity contribution is -0.162. The molecule has 2 nitrogen and oxygen atoms in total. The normalized spacial score (nSPS) is 18.7. The molecule has 1 aliphatic carbocycles. The highest BCUT2D eigenvalue weighted by Gasteiger charge is 2.37. The molecule has 2 rings (SSSR count). The van der Waals surface area contributed by atoms with Gasteiger partial charge >= 0.3 is 5.97 Å². The Morgan fingerprint density at radius 1 is 1.29 bits per heavy atom. The molecule has 0 saturated heterocycles. The zero-order valence-corrected chi connectivity index (χ0v) is 10.8. The maximum atomic E-state index is 11.3. The predicted molar refractivity (Wildman–Crippen MR) is 68.0 cm³/mol. The summed E-state index contributed by atoms with van der Waals surface area (Å²) in [6.45, 7) is 1.47. The lowest BCUT2D eigenvalue weighted by Crippen LogP contribution is -2.34. The van der Waals surface area contributed by atoms with Gasteiger partial charge in [0.2, 0.25) is 0 Å². The van der Waals surface area contributed by atoms with E-state index in [-0.39, 0.29) is 5.97 Å². The molecule has 1 aromatic rings. The van der Waals surface area contributed by atoms with Crippen LogP contribution in [0.5, 0.6) is 0 Å². The summed E-state index contributed by atoms with van der Waals surface area (Å²) in [6.07, 6.45) is 5.20. The van der Waals surface area contributed by atoms with Crippen LogP contribution in [0, 0.1) is 0 Å². The van der Waals surface area contributed by atoms with Crippen molar-refractivity contribution in [3.63, 3.8) is 0 Å². The number of esters is 1. The molecular weight excluding hydrogens is 236 g/mol. The smallest absolute Gasteiger partial charge is 0.303 e. The fourth-order valence-electron chi connectivity index (χ4n) is 2.62. The molecule has 1 saturated carbocycles. The van der Waals surface area contributed by atoms with Crippen LogP contribution in [0.1, 0.15) is 44.6 Å². The monoisotopic (exact) mass is 252 g/mol. The number of hydrogen-bond acceptors (Lipinski definition) is 2. The van der Waals surface area contributed by atoms with Gasteiger partial charge in [-0.3, -0.25) is 4.79 Å². The second kappa shape index (κ2) is 5.09. The number of halogens is 1. The first-order valence-electron chi connectivity index (χ1n) is 6.08. The molecular formula is C14H17ClO2. The minimum atomic E-state index is -0.449. The van der Waals surface area contributed by atoms with Gasteiger partial charge in [0.25, 0.3) is 0 Å². The number of ether oxygens (including phenoxy) is 1. The number of carbonyl (C=O) groups excluding carboxylic acids is 1. The summed E-state index contributed by atoms with van der Waals surface area (Å²) in [5.41, 5.74) is 0.578. The molecule has 0 radical (unpaired) electrons. The Hall–Kier alpha value is -1.02. The Morgan fingerprint density at radius 2 is 2.00 bits per heavy atom. The minimum Gasteiger partial charge on any atom is -0.454 e. The van der Waals surface area contributed by atoms with E-state index >= 15 is 0 Å². The Morgan fingerprint density at radius 3 is 2.59 bits per heavy atom. The first-order valence-corrected chi connectivity index (χ1v) is 6.46. The molecule has 92 valence electrons. The quantitative estimate of drug-likeness (QED) is 0.742. The Balaban J connectivity index is 2.35. The predicted octanol–water partition coefficient (Wildman–Crippen LogP) is 4.06. The first-order chi connectivity index (χ1) is 8.12. The van der Waals surface area contributed by atoms with Crippen molar-refractivity contribution in [3.05, 3.63) is 34.9 Å². The molecule has 0 atom stereocenters. The van der Waals surface area contributed by atoms with Crippen molar-refractivity contribution in [2.75, 3.05) is 0 Å². The molecule has 1 fully saturated rings. The van der Waals surface area contributed by atoms with E-state index in [0.29, 0.717) is 5.02 Å². The van der Waals surface area contributed by atoms with Gasteiger partial charge in [0.1, 0.15) is 5.60 Å². The highest BCUT2D eigenvalue weighted by molar-refractivity contribution is 6.30. The standard InChI is InChI=1S/C14H17ClO2/c1-11(16)17-14(8-3-2-4-9-14)12-6-5-7-13(15)10-12/h5-7,10H,2-4,8-9H2,1H3. The molecule has 0 spiro atoms. The van der Waals surface area contributed by atoms with Crippen LogP contribution in [0.3, 0.4) is 0 Å². The Bertz CT molecular complexity index is 408. The molecule has 3 heteroatoms. The van der Waals surface area contributed by atoms with Gasteiger partial charge in [-0.25, -0.2) is 0 Å². The van der Waals surface area contributed by atoms with Crippen LogP contribution in [0.2, 0.25) is 5.02 Å². The van der Waals surface area contributed by atoms with Crippen LogP contribution in [-0.2, 0) is 15.1 Å². The van der Waals surface area contributed by atoms with Crippen molar-refractivity contribution in [2.45, 2.75) is 44.6 Å². The van der Waals surface area contributed by atoms with Gasteiger partial charge in [-0.1, -0.05) is 30.2 Å². The molecule has 0 N–H and O–H groups in total. The topological polar surface area (TPSA) is 26.3 Å². The summed E-state index contributed by atoms with van der Waals surface area (Å²) >= 11 is 6.02. The average molecular weight is 253 g/mol. The van der Waals surface area contributed by atoms with Crippen LogP contribution in [0.4, 0.5) is 0 Å². The van der Waals surface area contributed by atoms with E-state index < -0.39 is 5.60 Å². The molecule has 17 heavy (non-hydrogen) atoms. The van der Waals surface area contributed by atoms with E-state index in [0.717, 1.165) is 31.2 Å². The molecule has 0 heterocycles. The molecule has 1 aliphatic rings. The molecule has 0 aromatic heterocycles. The average Bonchev–Trinajstić information content (AvgIpc) is 2.29. The summed E-state index contributed by atoms with van der Waals surface area (Å²) in [5, 5.41) is 0.694. The van der Waals surface area contributed by atoms with E-state index in [2.05, 4.69) is 0 Å². The van der Waals surface area contributed by atoms with E-state index in [9.17, 15) is 4.79 Å². The number of hydrogen-bond donors (Lipinski definition) is 0. The third-order valence-electron chi connectivity index (χ3n) is 3.35. The third kappa shape index (κ3) is 2.81. The van der Waals surface area contributed by atoms with Crippen molar-refractivity contribution >= 4 is 17.6 Å². The minimum absolute atomic E-state index is 0.216. The Labute approximate surface area is 107 Å². The highest BCUT2D eigenvalue weighted by Crippen LogP contribution is 2.41. The maximum Gasteiger partial charge on any atom is 0.303 e. The van der Waals surface area contributed by atoms with Gasteiger partial charge in [-0.2, -0.15) is 0 Å². The first kappa shape index (κ1) is 12.4. The van der Waals surface area contributed by atoms with Crippen molar-refractivity contribution in [1.29, 1.82) is 0 Å². The van der Waals surface area contributed by atoms with Crippen LogP contribution < -0.4 is 0 Å². The molecule has 0 aliphatic heterocycles.